The molecule has 34 heavy (non-hydrogen) atoms. The number of carbonyl (C=O) groups is 3. The molecule has 0 bridgehead atoms. The van der Waals surface area contributed by atoms with Crippen LogP contribution < -0.4 is 27.8 Å². The average Bonchev–Trinajstić information content (AvgIpc) is 2.83. The van der Waals surface area contributed by atoms with Gasteiger partial charge in [-0.25, -0.2) is 9.97 Å². The van der Waals surface area contributed by atoms with Gasteiger partial charge in [0, 0.05) is 38.6 Å². The van der Waals surface area contributed by atoms with E-state index in [2.05, 4.69) is 36.5 Å². The van der Waals surface area contributed by atoms with Crippen LogP contribution in [-0.4, -0.2) is 70.9 Å². The van der Waals surface area contributed by atoms with Gasteiger partial charge >= 0.3 is 0 Å². The van der Waals surface area contributed by atoms with E-state index >= 15 is 0 Å². The molecule has 0 spiro atoms. The van der Waals surface area contributed by atoms with Crippen LogP contribution in [0.25, 0.3) is 0 Å². The molecule has 184 valence electrons. The number of benzene rings is 1. The number of aromatic nitrogens is 2. The highest BCUT2D eigenvalue weighted by Crippen LogP contribution is 2.10. The molecule has 3 amide bonds. The molecule has 1 aromatic carbocycles. The third-order valence-corrected chi connectivity index (χ3v) is 5.34. The summed E-state index contributed by atoms with van der Waals surface area (Å²) in [5.41, 5.74) is 18.1. The molecular formula is C22H31BrN8O3. The van der Waals surface area contributed by atoms with Gasteiger partial charge in [0.15, 0.2) is 0 Å². The Labute approximate surface area is 207 Å². The third kappa shape index (κ3) is 9.14. The molecule has 8 N–H and O–H groups in total. The van der Waals surface area contributed by atoms with Crippen molar-refractivity contribution in [3.05, 3.63) is 52.8 Å². The second kappa shape index (κ2) is 14.4. The molecule has 11 nitrogen and oxygen atoms in total. The van der Waals surface area contributed by atoms with Gasteiger partial charge in [-0.15, -0.1) is 0 Å². The van der Waals surface area contributed by atoms with E-state index in [1.807, 2.05) is 30.3 Å². The summed E-state index contributed by atoms with van der Waals surface area (Å²) in [6.07, 6.45) is 3.61. The lowest BCUT2D eigenvalue weighted by atomic mass is 10.0. The summed E-state index contributed by atoms with van der Waals surface area (Å²) in [7, 11) is 0. The molecule has 0 fully saturated rings. The van der Waals surface area contributed by atoms with Crippen LogP contribution in [0.4, 0.5) is 5.95 Å². The van der Waals surface area contributed by atoms with Gasteiger partial charge in [-0.2, -0.15) is 0 Å². The van der Waals surface area contributed by atoms with E-state index in [0.717, 1.165) is 5.56 Å². The first-order chi connectivity index (χ1) is 16.3. The van der Waals surface area contributed by atoms with Crippen molar-refractivity contribution in [3.63, 3.8) is 0 Å². The number of hydrogen-bond donors (Lipinski definition) is 5. The lowest BCUT2D eigenvalue weighted by Crippen LogP contribution is -2.52. The summed E-state index contributed by atoms with van der Waals surface area (Å²) in [5.74, 6) is -1.32. The smallest absolute Gasteiger partial charge is 0.249 e. The van der Waals surface area contributed by atoms with E-state index in [0.29, 0.717) is 30.4 Å². The highest BCUT2D eigenvalue weighted by Gasteiger charge is 2.26. The minimum Gasteiger partial charge on any atom is -0.343 e. The molecule has 1 heterocycles. The predicted octanol–water partition coefficient (Wildman–Crippen LogP) is -0.241. The minimum absolute atomic E-state index is 0.103. The van der Waals surface area contributed by atoms with Gasteiger partial charge < -0.3 is 27.4 Å². The fourth-order valence-corrected chi connectivity index (χ4v) is 3.36. The Kier molecular flexibility index (Phi) is 11.5. The van der Waals surface area contributed by atoms with Crippen LogP contribution in [0.3, 0.4) is 0 Å². The first-order valence-electron chi connectivity index (χ1n) is 10.9. The van der Waals surface area contributed by atoms with Crippen LogP contribution in [0.2, 0.25) is 0 Å². The lowest BCUT2D eigenvalue weighted by Gasteiger charge is -2.24. The molecule has 0 saturated carbocycles. The summed E-state index contributed by atoms with van der Waals surface area (Å²) in [4.78, 5) is 47.7. The van der Waals surface area contributed by atoms with Crippen molar-refractivity contribution in [3.8, 4) is 0 Å². The summed E-state index contributed by atoms with van der Waals surface area (Å²) >= 11 is 3.24. The van der Waals surface area contributed by atoms with Gasteiger partial charge in [0.25, 0.3) is 0 Å². The van der Waals surface area contributed by atoms with Crippen molar-refractivity contribution in [2.45, 2.75) is 31.3 Å². The summed E-state index contributed by atoms with van der Waals surface area (Å²) in [6, 6.07) is 7.51. The standard InChI is InChI=1S/C22H31BrN8O3/c23-16-13-27-22(28-14-16)30-21(34)18(7-6-15-4-2-1-3-5-15)29-20(33)17(26)12-19(32)31(10-8-24)11-9-25/h1-5,13-14,17-18H,6-12,24-26H2,(H,29,33)(H,27,28,30,34). The molecule has 0 aliphatic carbocycles. The second-order valence-electron chi connectivity index (χ2n) is 7.57. The number of aryl methyl sites for hydroxylation is 1. The SMILES string of the molecule is NCCN(CCN)C(=O)CC(N)C(=O)NC(CCc1ccccc1)C(=O)Nc1ncc(Br)cn1. The van der Waals surface area contributed by atoms with E-state index in [4.69, 9.17) is 17.2 Å². The van der Waals surface area contributed by atoms with Crippen molar-refractivity contribution >= 4 is 39.6 Å². The van der Waals surface area contributed by atoms with Crippen LogP contribution in [0.5, 0.6) is 0 Å². The van der Waals surface area contributed by atoms with E-state index in [1.54, 1.807) is 0 Å². The average molecular weight is 535 g/mol. The van der Waals surface area contributed by atoms with Gasteiger partial charge in [-0.3, -0.25) is 19.7 Å². The largest absolute Gasteiger partial charge is 0.343 e. The van der Waals surface area contributed by atoms with Crippen LogP contribution in [0.1, 0.15) is 18.4 Å². The maximum absolute atomic E-state index is 12.9. The van der Waals surface area contributed by atoms with E-state index in [1.165, 1.54) is 17.3 Å². The van der Waals surface area contributed by atoms with E-state index in [9.17, 15) is 14.4 Å². The Morgan fingerprint density at radius 1 is 1.00 bits per heavy atom. The number of rotatable bonds is 13. The molecule has 1 aromatic heterocycles. The summed E-state index contributed by atoms with van der Waals surface area (Å²) in [5, 5.41) is 5.27. The number of anilines is 1. The fourth-order valence-electron chi connectivity index (χ4n) is 3.16. The minimum atomic E-state index is -1.14. The van der Waals surface area contributed by atoms with Crippen molar-refractivity contribution in [1.82, 2.24) is 20.2 Å². The molecule has 12 heteroatoms. The first kappa shape index (κ1) is 27.3. The number of amides is 3. The number of hydrogen-bond acceptors (Lipinski definition) is 8. The molecule has 0 aliphatic rings. The molecule has 2 unspecified atom stereocenters. The maximum Gasteiger partial charge on any atom is 0.249 e. The highest BCUT2D eigenvalue weighted by atomic mass is 79.9. The number of halogens is 1. The molecule has 0 saturated heterocycles. The van der Waals surface area contributed by atoms with Crippen molar-refractivity contribution < 1.29 is 14.4 Å². The molecule has 2 rings (SSSR count). The quantitative estimate of drug-likeness (QED) is 0.233. The van der Waals surface area contributed by atoms with E-state index in [-0.39, 0.29) is 31.4 Å². The number of carbonyl (C=O) groups excluding carboxylic acids is 3. The number of nitrogens with one attached hydrogen (secondary N) is 2. The van der Waals surface area contributed by atoms with Crippen LogP contribution in [0.15, 0.2) is 47.2 Å². The van der Waals surface area contributed by atoms with E-state index < -0.39 is 23.9 Å². The molecular weight excluding hydrogens is 504 g/mol. The summed E-state index contributed by atoms with van der Waals surface area (Å²) < 4.78 is 0.661. The zero-order valence-corrected chi connectivity index (χ0v) is 20.4. The third-order valence-electron chi connectivity index (χ3n) is 4.93. The van der Waals surface area contributed by atoms with Crippen molar-refractivity contribution in [1.29, 1.82) is 0 Å². The second-order valence-corrected chi connectivity index (χ2v) is 8.48. The van der Waals surface area contributed by atoms with Crippen molar-refractivity contribution in [2.75, 3.05) is 31.5 Å². The topological polar surface area (TPSA) is 182 Å². The predicted molar refractivity (Wildman–Crippen MR) is 132 cm³/mol. The molecule has 2 aromatic rings. The van der Waals surface area contributed by atoms with Crippen LogP contribution >= 0.6 is 15.9 Å². The Morgan fingerprint density at radius 3 is 2.21 bits per heavy atom. The molecule has 0 aliphatic heterocycles. The first-order valence-corrected chi connectivity index (χ1v) is 11.7. The van der Waals surface area contributed by atoms with Gasteiger partial charge in [0.1, 0.15) is 6.04 Å². The Balaban J connectivity index is 2.05. The number of nitrogens with two attached hydrogens (primary N) is 3. The summed E-state index contributed by atoms with van der Waals surface area (Å²) in [6.45, 7) is 1.18. The van der Waals surface area contributed by atoms with Gasteiger partial charge in [-0.1, -0.05) is 30.3 Å². The van der Waals surface area contributed by atoms with Gasteiger partial charge in [0.2, 0.25) is 23.7 Å². The monoisotopic (exact) mass is 534 g/mol. The van der Waals surface area contributed by atoms with Gasteiger partial charge in [-0.05, 0) is 34.3 Å². The number of nitrogens with zero attached hydrogens (tertiary/aromatic N) is 3. The lowest BCUT2D eigenvalue weighted by molar-refractivity contribution is -0.134. The Hall–Kier alpha value is -2.93. The maximum atomic E-state index is 12.9. The highest BCUT2D eigenvalue weighted by molar-refractivity contribution is 9.10. The Bertz CT molecular complexity index is 924. The zero-order chi connectivity index (χ0) is 24.9. The normalized spacial score (nSPS) is 12.5. The fraction of sp³-hybridized carbons (Fsp3) is 0.409. The Morgan fingerprint density at radius 2 is 1.62 bits per heavy atom. The molecule has 0 radical (unpaired) electrons. The van der Waals surface area contributed by atoms with Gasteiger partial charge in [0.05, 0.1) is 16.9 Å². The zero-order valence-electron chi connectivity index (χ0n) is 18.8. The van der Waals surface area contributed by atoms with Crippen LogP contribution in [-0.2, 0) is 20.8 Å². The van der Waals surface area contributed by atoms with Crippen LogP contribution in [0, 0.1) is 0 Å². The molecule has 2 atom stereocenters. The van der Waals surface area contributed by atoms with Crippen molar-refractivity contribution in [2.24, 2.45) is 17.2 Å².